The second-order valence-corrected chi connectivity index (χ2v) is 11.1. The molecule has 0 radical (unpaired) electrons. The first-order chi connectivity index (χ1) is 13.5. The van der Waals surface area contributed by atoms with E-state index in [1.54, 1.807) is 21.3 Å². The second kappa shape index (κ2) is 8.07. The molecule has 3 rings (SSSR count). The minimum absolute atomic E-state index is 0.0187. The Morgan fingerprint density at radius 2 is 1.79 bits per heavy atom. The zero-order valence-corrected chi connectivity index (χ0v) is 18.5. The maximum atomic E-state index is 12.8. The summed E-state index contributed by atoms with van der Waals surface area (Å²) in [6.45, 7) is 9.41. The lowest BCUT2D eigenvalue weighted by Gasteiger charge is -2.31. The van der Waals surface area contributed by atoms with E-state index in [2.05, 4.69) is 12.2 Å². The maximum Gasteiger partial charge on any atom is 0.243 e. The minimum atomic E-state index is -3.52. The summed E-state index contributed by atoms with van der Waals surface area (Å²) in [5.74, 6) is -0.278. The standard InChI is InChI=1S/C21H31N3O4S/c1-15-6-5-11-23(13-15)29(27,28)18-9-7-17(8-10-18)22-20(26)16-12-19(25)24(14-16)21(2,3)4/h7-10,15-16H,5-6,11-14H2,1-4H3,(H,22,26)/t15-,16-/m0/s1. The third-order valence-electron chi connectivity index (χ3n) is 5.68. The van der Waals surface area contributed by atoms with Gasteiger partial charge in [0.1, 0.15) is 0 Å². The van der Waals surface area contributed by atoms with Crippen LogP contribution in [0.25, 0.3) is 0 Å². The van der Waals surface area contributed by atoms with Gasteiger partial charge in [0.15, 0.2) is 0 Å². The van der Waals surface area contributed by atoms with E-state index in [1.807, 2.05) is 20.8 Å². The summed E-state index contributed by atoms with van der Waals surface area (Å²) in [5, 5.41) is 2.82. The molecule has 2 aliphatic rings. The van der Waals surface area contributed by atoms with E-state index >= 15 is 0 Å². The lowest BCUT2D eigenvalue weighted by Crippen LogP contribution is -2.42. The molecule has 1 N–H and O–H groups in total. The van der Waals surface area contributed by atoms with Gasteiger partial charge in [-0.3, -0.25) is 9.59 Å². The zero-order chi connectivity index (χ0) is 21.4. The van der Waals surface area contributed by atoms with Crippen LogP contribution in [0.15, 0.2) is 29.2 Å². The van der Waals surface area contributed by atoms with Crippen LogP contribution in [0.4, 0.5) is 5.69 Å². The fraction of sp³-hybridized carbons (Fsp3) is 0.619. The molecule has 160 valence electrons. The zero-order valence-electron chi connectivity index (χ0n) is 17.6. The summed E-state index contributed by atoms with van der Waals surface area (Å²) in [5.41, 5.74) is 0.219. The van der Waals surface area contributed by atoms with Gasteiger partial charge in [0.05, 0.1) is 10.8 Å². The highest BCUT2D eigenvalue weighted by atomic mass is 32.2. The minimum Gasteiger partial charge on any atom is -0.337 e. The molecule has 0 aromatic heterocycles. The van der Waals surface area contributed by atoms with Crippen molar-refractivity contribution in [2.45, 2.75) is 57.4 Å². The number of hydrogen-bond acceptors (Lipinski definition) is 4. The summed E-state index contributed by atoms with van der Waals surface area (Å²) < 4.78 is 27.2. The number of nitrogens with one attached hydrogen (secondary N) is 1. The maximum absolute atomic E-state index is 12.8. The number of sulfonamides is 1. The van der Waals surface area contributed by atoms with Gasteiger partial charge in [-0.25, -0.2) is 8.42 Å². The fourth-order valence-electron chi connectivity index (χ4n) is 4.00. The summed E-state index contributed by atoms with van der Waals surface area (Å²) in [4.78, 5) is 26.7. The van der Waals surface area contributed by atoms with Crippen LogP contribution < -0.4 is 5.32 Å². The molecular formula is C21H31N3O4S. The number of amides is 2. The monoisotopic (exact) mass is 421 g/mol. The highest BCUT2D eigenvalue weighted by Gasteiger charge is 2.39. The number of piperidine rings is 1. The van der Waals surface area contributed by atoms with Crippen molar-refractivity contribution in [1.29, 1.82) is 0 Å². The van der Waals surface area contributed by atoms with Gasteiger partial charge < -0.3 is 10.2 Å². The topological polar surface area (TPSA) is 86.8 Å². The highest BCUT2D eigenvalue weighted by molar-refractivity contribution is 7.89. The Bertz CT molecular complexity index is 874. The van der Waals surface area contributed by atoms with Crippen LogP contribution in [0.5, 0.6) is 0 Å². The molecule has 1 aromatic rings. The molecule has 29 heavy (non-hydrogen) atoms. The molecule has 2 aliphatic heterocycles. The van der Waals surface area contributed by atoms with Gasteiger partial charge in [0.2, 0.25) is 21.8 Å². The Morgan fingerprint density at radius 1 is 1.14 bits per heavy atom. The number of rotatable bonds is 4. The summed E-state index contributed by atoms with van der Waals surface area (Å²) in [6, 6.07) is 6.28. The molecule has 0 aliphatic carbocycles. The van der Waals surface area contributed by atoms with Crippen LogP contribution in [0.1, 0.15) is 47.0 Å². The van der Waals surface area contributed by atoms with E-state index in [4.69, 9.17) is 0 Å². The van der Waals surface area contributed by atoms with E-state index in [0.717, 1.165) is 12.8 Å². The number of carbonyl (C=O) groups is 2. The average Bonchev–Trinajstić information content (AvgIpc) is 3.04. The van der Waals surface area contributed by atoms with E-state index < -0.39 is 15.9 Å². The number of likely N-dealkylation sites (tertiary alicyclic amines) is 1. The molecule has 1 aromatic carbocycles. The number of benzene rings is 1. The van der Waals surface area contributed by atoms with Gasteiger partial charge >= 0.3 is 0 Å². The predicted octanol–water partition coefficient (Wildman–Crippen LogP) is 2.69. The smallest absolute Gasteiger partial charge is 0.243 e. The van der Waals surface area contributed by atoms with Crippen LogP contribution >= 0.6 is 0 Å². The molecule has 0 spiro atoms. The number of nitrogens with zero attached hydrogens (tertiary/aromatic N) is 2. The second-order valence-electron chi connectivity index (χ2n) is 9.20. The highest BCUT2D eigenvalue weighted by Crippen LogP contribution is 2.28. The van der Waals surface area contributed by atoms with Crippen molar-refractivity contribution in [2.75, 3.05) is 25.0 Å². The number of carbonyl (C=O) groups excluding carboxylic acids is 2. The van der Waals surface area contributed by atoms with Crippen molar-refractivity contribution in [3.05, 3.63) is 24.3 Å². The molecular weight excluding hydrogens is 390 g/mol. The Balaban J connectivity index is 1.65. The van der Waals surface area contributed by atoms with E-state index in [9.17, 15) is 18.0 Å². The van der Waals surface area contributed by atoms with Crippen LogP contribution in [0.3, 0.4) is 0 Å². The van der Waals surface area contributed by atoms with Gasteiger partial charge in [-0.05, 0) is 63.8 Å². The third-order valence-corrected chi connectivity index (χ3v) is 7.56. The van der Waals surface area contributed by atoms with Gasteiger partial charge in [-0.1, -0.05) is 6.92 Å². The van der Waals surface area contributed by atoms with E-state index in [1.165, 1.54) is 12.1 Å². The van der Waals surface area contributed by atoms with Crippen molar-refractivity contribution in [1.82, 2.24) is 9.21 Å². The predicted molar refractivity (Wildman–Crippen MR) is 112 cm³/mol. The van der Waals surface area contributed by atoms with Crippen molar-refractivity contribution in [2.24, 2.45) is 11.8 Å². The first kappa shape index (κ1) is 21.8. The largest absolute Gasteiger partial charge is 0.337 e. The molecule has 8 heteroatoms. The Morgan fingerprint density at radius 3 is 2.34 bits per heavy atom. The summed E-state index contributed by atoms with van der Waals surface area (Å²) in [6.07, 6.45) is 2.12. The Hall–Kier alpha value is -1.93. The number of hydrogen-bond donors (Lipinski definition) is 1. The van der Waals surface area contributed by atoms with Crippen molar-refractivity contribution in [3.8, 4) is 0 Å². The summed E-state index contributed by atoms with van der Waals surface area (Å²) >= 11 is 0. The molecule has 7 nitrogen and oxygen atoms in total. The SMILES string of the molecule is C[C@H]1CCCN(S(=O)(=O)c2ccc(NC(=O)[C@H]3CC(=O)N(C(C)(C)C)C3)cc2)C1. The molecule has 2 amide bonds. The van der Waals surface area contributed by atoms with Gasteiger partial charge in [0, 0.05) is 37.3 Å². The fourth-order valence-corrected chi connectivity index (χ4v) is 5.60. The van der Waals surface area contributed by atoms with Crippen LogP contribution in [-0.2, 0) is 19.6 Å². The molecule has 0 bridgehead atoms. The third kappa shape index (κ3) is 4.80. The van der Waals surface area contributed by atoms with Gasteiger partial charge in [-0.15, -0.1) is 0 Å². The molecule has 2 fully saturated rings. The Labute approximate surface area is 173 Å². The molecule has 2 saturated heterocycles. The van der Waals surface area contributed by atoms with Crippen LogP contribution in [-0.4, -0.2) is 54.6 Å². The molecule has 0 unspecified atom stereocenters. The lowest BCUT2D eigenvalue weighted by atomic mass is 10.0. The van der Waals surface area contributed by atoms with E-state index in [0.29, 0.717) is 31.2 Å². The van der Waals surface area contributed by atoms with Crippen molar-refractivity contribution < 1.29 is 18.0 Å². The molecule has 2 heterocycles. The first-order valence-electron chi connectivity index (χ1n) is 10.2. The molecule has 0 saturated carbocycles. The average molecular weight is 422 g/mol. The normalized spacial score (nSPS) is 24.0. The van der Waals surface area contributed by atoms with E-state index in [-0.39, 0.29) is 28.7 Å². The molecule has 2 atom stereocenters. The van der Waals surface area contributed by atoms with Gasteiger partial charge in [0.25, 0.3) is 0 Å². The van der Waals surface area contributed by atoms with Crippen LogP contribution in [0.2, 0.25) is 0 Å². The van der Waals surface area contributed by atoms with Gasteiger partial charge in [-0.2, -0.15) is 4.31 Å². The van der Waals surface area contributed by atoms with Crippen molar-refractivity contribution in [3.63, 3.8) is 0 Å². The first-order valence-corrected chi connectivity index (χ1v) is 11.6. The lowest BCUT2D eigenvalue weighted by molar-refractivity contribution is -0.131. The Kier molecular flexibility index (Phi) is 6.06. The quantitative estimate of drug-likeness (QED) is 0.810. The number of anilines is 1. The van der Waals surface area contributed by atoms with Crippen molar-refractivity contribution >= 4 is 27.5 Å². The van der Waals surface area contributed by atoms with Crippen LogP contribution in [0, 0.1) is 11.8 Å². The summed E-state index contributed by atoms with van der Waals surface area (Å²) in [7, 11) is -3.52.